The number of hydrogen-bond donors (Lipinski definition) is 1. The lowest BCUT2D eigenvalue weighted by Gasteiger charge is -2.21. The van der Waals surface area contributed by atoms with Gasteiger partial charge in [0.05, 0.1) is 12.2 Å². The Balaban J connectivity index is 2.44. The summed E-state index contributed by atoms with van der Waals surface area (Å²) in [5.74, 6) is 0.312. The van der Waals surface area contributed by atoms with Crippen molar-refractivity contribution in [1.82, 2.24) is 10.2 Å². The van der Waals surface area contributed by atoms with E-state index in [0.717, 1.165) is 6.42 Å². The van der Waals surface area contributed by atoms with Crippen LogP contribution in [0.1, 0.15) is 40.0 Å². The number of halogens is 3. The van der Waals surface area contributed by atoms with Crippen LogP contribution >= 0.6 is 0 Å². The Labute approximate surface area is 106 Å². The minimum atomic E-state index is -4.14. The highest BCUT2D eigenvalue weighted by molar-refractivity contribution is 5.84. The molecule has 1 N–H and O–H groups in total. The number of alkyl halides is 3. The van der Waals surface area contributed by atoms with Gasteiger partial charge in [-0.05, 0) is 25.7 Å². The number of carbonyl (C=O) groups is 1. The lowest BCUT2D eigenvalue weighted by molar-refractivity contribution is -0.140. The zero-order valence-corrected chi connectivity index (χ0v) is 11.0. The summed E-state index contributed by atoms with van der Waals surface area (Å²) in [7, 11) is 0. The Morgan fingerprint density at radius 2 is 2.00 bits per heavy atom. The van der Waals surface area contributed by atoms with E-state index in [-0.39, 0.29) is 31.1 Å². The molecule has 106 valence electrons. The van der Waals surface area contributed by atoms with Crippen molar-refractivity contribution in [3.8, 4) is 0 Å². The van der Waals surface area contributed by atoms with Crippen molar-refractivity contribution in [2.75, 3.05) is 6.54 Å². The van der Waals surface area contributed by atoms with Crippen LogP contribution in [0.25, 0.3) is 0 Å². The predicted octanol–water partition coefficient (Wildman–Crippen LogP) is 2.52. The van der Waals surface area contributed by atoms with E-state index in [9.17, 15) is 18.0 Å². The minimum Gasteiger partial charge on any atom is -0.326 e. The average molecular weight is 266 g/mol. The highest BCUT2D eigenvalue weighted by Gasteiger charge is 2.36. The molecule has 2 unspecified atom stereocenters. The topological polar surface area (TPSA) is 32.3 Å². The van der Waals surface area contributed by atoms with Crippen molar-refractivity contribution >= 4 is 5.91 Å². The van der Waals surface area contributed by atoms with Crippen molar-refractivity contribution in [1.29, 1.82) is 0 Å². The third-order valence-electron chi connectivity index (χ3n) is 3.06. The second-order valence-corrected chi connectivity index (χ2v) is 5.28. The molecule has 6 heteroatoms. The maximum Gasteiger partial charge on any atom is 0.389 e. The van der Waals surface area contributed by atoms with E-state index in [4.69, 9.17) is 0 Å². The first kappa shape index (κ1) is 15.3. The van der Waals surface area contributed by atoms with E-state index in [1.165, 1.54) is 4.90 Å². The zero-order chi connectivity index (χ0) is 13.9. The molecule has 1 saturated heterocycles. The zero-order valence-electron chi connectivity index (χ0n) is 11.0. The number of nitrogens with one attached hydrogen (secondary N) is 1. The average Bonchev–Trinajstić information content (AvgIpc) is 2.42. The summed E-state index contributed by atoms with van der Waals surface area (Å²) in [5, 5.41) is 3.13. The van der Waals surface area contributed by atoms with E-state index in [2.05, 4.69) is 5.32 Å². The van der Waals surface area contributed by atoms with Crippen LogP contribution in [0.2, 0.25) is 0 Å². The van der Waals surface area contributed by atoms with Crippen LogP contribution in [0.4, 0.5) is 13.2 Å². The molecule has 0 aromatic carbocycles. The molecule has 0 spiro atoms. The molecule has 0 radical (unpaired) electrons. The fraction of sp³-hybridized carbons (Fsp3) is 0.917. The van der Waals surface area contributed by atoms with Crippen molar-refractivity contribution in [3.63, 3.8) is 0 Å². The number of carbonyl (C=O) groups excluding carboxylic acids is 1. The second-order valence-electron chi connectivity index (χ2n) is 5.28. The van der Waals surface area contributed by atoms with E-state index >= 15 is 0 Å². The molecule has 1 aliphatic rings. The first-order chi connectivity index (χ1) is 8.20. The Morgan fingerprint density at radius 1 is 1.39 bits per heavy atom. The lowest BCUT2D eigenvalue weighted by atomic mass is 10.0. The van der Waals surface area contributed by atoms with Crippen molar-refractivity contribution < 1.29 is 18.0 Å². The van der Waals surface area contributed by atoms with Crippen molar-refractivity contribution in [3.05, 3.63) is 0 Å². The monoisotopic (exact) mass is 266 g/mol. The molecule has 1 heterocycles. The number of nitrogens with zero attached hydrogens (tertiary/aromatic N) is 1. The van der Waals surface area contributed by atoms with E-state index < -0.39 is 12.6 Å². The number of rotatable bonds is 5. The Morgan fingerprint density at radius 3 is 2.50 bits per heavy atom. The molecule has 0 bridgehead atoms. The van der Waals surface area contributed by atoms with Crippen molar-refractivity contribution in [2.24, 2.45) is 5.92 Å². The van der Waals surface area contributed by atoms with Gasteiger partial charge in [-0.15, -0.1) is 0 Å². The highest BCUT2D eigenvalue weighted by Crippen LogP contribution is 2.23. The SMILES string of the molecule is CC(C)CC1NC(C)N(CCCC(F)(F)F)C1=O. The van der Waals surface area contributed by atoms with Crippen LogP contribution in [-0.2, 0) is 4.79 Å². The normalized spacial score (nSPS) is 25.3. The molecule has 0 aromatic heterocycles. The van der Waals surface area contributed by atoms with Gasteiger partial charge in [-0.3, -0.25) is 10.1 Å². The van der Waals surface area contributed by atoms with E-state index in [0.29, 0.717) is 5.92 Å². The predicted molar refractivity (Wildman–Crippen MR) is 62.8 cm³/mol. The van der Waals surface area contributed by atoms with Gasteiger partial charge in [0.15, 0.2) is 0 Å². The fourth-order valence-electron chi connectivity index (χ4n) is 2.24. The highest BCUT2D eigenvalue weighted by atomic mass is 19.4. The van der Waals surface area contributed by atoms with E-state index in [1.807, 2.05) is 20.8 Å². The van der Waals surface area contributed by atoms with Gasteiger partial charge in [0.25, 0.3) is 0 Å². The van der Waals surface area contributed by atoms with Crippen LogP contribution in [-0.4, -0.2) is 35.7 Å². The standard InChI is InChI=1S/C12H21F3N2O/c1-8(2)7-10-11(18)17(9(3)16-10)6-4-5-12(13,14)15/h8-10,16H,4-7H2,1-3H3. The summed E-state index contributed by atoms with van der Waals surface area (Å²) >= 11 is 0. The summed E-state index contributed by atoms with van der Waals surface area (Å²) in [6.07, 6.45) is -4.46. The van der Waals surface area contributed by atoms with Crippen LogP contribution in [0.3, 0.4) is 0 Å². The number of amides is 1. The van der Waals surface area contributed by atoms with Gasteiger partial charge in [-0.25, -0.2) is 0 Å². The molecule has 1 aliphatic heterocycles. The summed E-state index contributed by atoms with van der Waals surface area (Å²) in [6, 6.07) is -0.245. The maximum absolute atomic E-state index is 12.1. The molecule has 2 atom stereocenters. The molecule has 0 saturated carbocycles. The Hall–Kier alpha value is -0.780. The van der Waals surface area contributed by atoms with Gasteiger partial charge in [0.1, 0.15) is 0 Å². The fourth-order valence-corrected chi connectivity index (χ4v) is 2.24. The van der Waals surface area contributed by atoms with Gasteiger partial charge < -0.3 is 4.90 Å². The Kier molecular flexibility index (Phi) is 5.01. The smallest absolute Gasteiger partial charge is 0.326 e. The van der Waals surface area contributed by atoms with Crippen LogP contribution < -0.4 is 5.32 Å². The third-order valence-corrected chi connectivity index (χ3v) is 3.06. The molecular weight excluding hydrogens is 245 g/mol. The van der Waals surface area contributed by atoms with Gasteiger partial charge in [0, 0.05) is 13.0 Å². The summed E-state index contributed by atoms with van der Waals surface area (Å²) in [6.45, 7) is 6.02. The molecule has 18 heavy (non-hydrogen) atoms. The van der Waals surface area contributed by atoms with E-state index in [1.54, 1.807) is 0 Å². The van der Waals surface area contributed by atoms with Crippen LogP contribution in [0.15, 0.2) is 0 Å². The quantitative estimate of drug-likeness (QED) is 0.829. The first-order valence-corrected chi connectivity index (χ1v) is 6.34. The molecule has 1 rings (SSSR count). The van der Waals surface area contributed by atoms with Crippen molar-refractivity contribution in [2.45, 2.75) is 58.4 Å². The molecule has 1 amide bonds. The molecular formula is C12H21F3N2O. The lowest BCUT2D eigenvalue weighted by Crippen LogP contribution is -2.35. The van der Waals surface area contributed by atoms with Gasteiger partial charge >= 0.3 is 6.18 Å². The largest absolute Gasteiger partial charge is 0.389 e. The molecule has 0 aromatic rings. The van der Waals surface area contributed by atoms with Crippen LogP contribution in [0.5, 0.6) is 0 Å². The summed E-state index contributed by atoms with van der Waals surface area (Å²) < 4.78 is 36.2. The van der Waals surface area contributed by atoms with Gasteiger partial charge in [-0.1, -0.05) is 13.8 Å². The third kappa shape index (κ3) is 4.48. The van der Waals surface area contributed by atoms with Gasteiger partial charge in [-0.2, -0.15) is 13.2 Å². The maximum atomic E-state index is 12.1. The molecule has 1 fully saturated rings. The first-order valence-electron chi connectivity index (χ1n) is 6.34. The summed E-state index contributed by atoms with van der Waals surface area (Å²) in [4.78, 5) is 13.5. The number of hydrogen-bond acceptors (Lipinski definition) is 2. The second kappa shape index (κ2) is 5.91. The molecule has 3 nitrogen and oxygen atoms in total. The van der Waals surface area contributed by atoms with Crippen LogP contribution in [0, 0.1) is 5.92 Å². The van der Waals surface area contributed by atoms with Gasteiger partial charge in [0.2, 0.25) is 5.91 Å². The Bertz CT molecular complexity index is 292. The minimum absolute atomic E-state index is 0.0321. The molecule has 0 aliphatic carbocycles. The summed E-state index contributed by atoms with van der Waals surface area (Å²) in [5.41, 5.74) is 0.